The molecule has 0 radical (unpaired) electrons. The van der Waals surface area contributed by atoms with Gasteiger partial charge in [-0.1, -0.05) is 6.07 Å². The number of imidazole rings is 1. The zero-order chi connectivity index (χ0) is 27.1. The predicted molar refractivity (Wildman–Crippen MR) is 137 cm³/mol. The summed E-state index contributed by atoms with van der Waals surface area (Å²) in [6.45, 7) is 0.455. The summed E-state index contributed by atoms with van der Waals surface area (Å²) in [5, 5.41) is 18.3. The number of aryl methyl sites for hydroxylation is 1. The van der Waals surface area contributed by atoms with E-state index in [-0.39, 0.29) is 28.8 Å². The van der Waals surface area contributed by atoms with Crippen LogP contribution < -0.4 is 15.4 Å². The number of benzene rings is 1. The molecule has 4 heterocycles. The molecule has 3 aromatic heterocycles. The number of fused-ring (bicyclic) bond motifs is 1. The molecule has 1 aromatic carbocycles. The van der Waals surface area contributed by atoms with Crippen LogP contribution in [0.15, 0.2) is 24.3 Å². The molecule has 1 aliphatic carbocycles. The number of hydrogen-bond acceptors (Lipinski definition) is 9. The minimum Gasteiger partial charge on any atom is -0.494 e. The summed E-state index contributed by atoms with van der Waals surface area (Å²) in [6, 6.07) is 6.92. The molecule has 0 bridgehead atoms. The van der Waals surface area contributed by atoms with Crippen molar-refractivity contribution in [1.29, 1.82) is 0 Å². The Hall–Kier alpha value is -4.20. The van der Waals surface area contributed by atoms with Crippen molar-refractivity contribution in [2.45, 2.75) is 44.8 Å². The lowest BCUT2D eigenvalue weighted by Gasteiger charge is -2.25. The number of nitrogens with one attached hydrogen (secondary N) is 2. The van der Waals surface area contributed by atoms with Gasteiger partial charge in [0.1, 0.15) is 17.6 Å². The van der Waals surface area contributed by atoms with Gasteiger partial charge in [-0.3, -0.25) is 9.36 Å². The van der Waals surface area contributed by atoms with Crippen molar-refractivity contribution in [3.8, 4) is 17.1 Å². The van der Waals surface area contributed by atoms with Crippen LogP contribution in [-0.4, -0.2) is 54.4 Å². The Kier molecular flexibility index (Phi) is 6.54. The van der Waals surface area contributed by atoms with Gasteiger partial charge in [0.2, 0.25) is 11.7 Å². The number of anilines is 3. The maximum Gasteiger partial charge on any atom is 0.295 e. The number of alkyl halides is 2. The average Bonchev–Trinajstić information content (AvgIpc) is 3.59. The minimum atomic E-state index is -2.86. The van der Waals surface area contributed by atoms with Crippen LogP contribution in [-0.2, 0) is 16.6 Å². The minimum absolute atomic E-state index is 0.0709. The Morgan fingerprint density at radius 3 is 2.69 bits per heavy atom. The third kappa shape index (κ3) is 4.87. The molecule has 12 nitrogen and oxygen atoms in total. The van der Waals surface area contributed by atoms with E-state index in [0.29, 0.717) is 41.5 Å². The molecule has 204 valence electrons. The summed E-state index contributed by atoms with van der Waals surface area (Å²) in [7, 11) is 3.16. The first-order valence-electron chi connectivity index (χ1n) is 12.7. The highest BCUT2D eigenvalue weighted by Gasteiger charge is 2.32. The molecule has 2 N–H and O–H groups in total. The standard InChI is InChI=1S/C25H27F2N9O3/c1-35-33-22(32-34-35)14-6-5-7-15(20(14)38-2)28-16-12-17(30-25(37)13-9-10-13)29-23-19(16)31-24(21(26)27)36(23)18-8-3-4-11-39-18/h5-7,12-13,18,21H,3-4,8-11H2,1-2H3,(H2,28,29,30,37). The van der Waals surface area contributed by atoms with Crippen molar-refractivity contribution in [2.24, 2.45) is 13.0 Å². The molecule has 6 rings (SSSR count). The summed E-state index contributed by atoms with van der Waals surface area (Å²) in [5.74, 6) is 0.332. The molecule has 1 atom stereocenters. The molecule has 0 spiro atoms. The van der Waals surface area contributed by atoms with Gasteiger partial charge in [-0.2, -0.15) is 4.80 Å². The Morgan fingerprint density at radius 2 is 2.03 bits per heavy atom. The molecular formula is C25H27F2N9O3. The lowest BCUT2D eigenvalue weighted by atomic mass is 10.1. The quantitative estimate of drug-likeness (QED) is 0.335. The molecule has 1 amide bonds. The van der Waals surface area contributed by atoms with E-state index in [1.165, 1.54) is 16.5 Å². The number of halogens is 2. The highest BCUT2D eigenvalue weighted by atomic mass is 19.3. The number of rotatable bonds is 8. The number of nitrogens with zero attached hydrogens (tertiary/aromatic N) is 7. The van der Waals surface area contributed by atoms with Crippen molar-refractivity contribution < 1.29 is 23.0 Å². The van der Waals surface area contributed by atoms with Gasteiger partial charge in [0, 0.05) is 18.6 Å². The third-order valence-electron chi connectivity index (χ3n) is 6.75. The molecule has 39 heavy (non-hydrogen) atoms. The number of tetrazole rings is 1. The topological polar surface area (TPSA) is 134 Å². The second-order valence-electron chi connectivity index (χ2n) is 9.57. The van der Waals surface area contributed by atoms with Crippen LogP contribution in [0.3, 0.4) is 0 Å². The molecule has 1 unspecified atom stereocenters. The molecule has 2 aliphatic rings. The van der Waals surface area contributed by atoms with E-state index in [4.69, 9.17) is 9.47 Å². The number of hydrogen-bond donors (Lipinski definition) is 2. The normalized spacial score (nSPS) is 17.5. The van der Waals surface area contributed by atoms with Crippen LogP contribution in [0, 0.1) is 5.92 Å². The Bertz CT molecular complexity index is 1530. The average molecular weight is 540 g/mol. The number of para-hydroxylation sites is 1. The lowest BCUT2D eigenvalue weighted by molar-refractivity contribution is -0.117. The van der Waals surface area contributed by atoms with E-state index >= 15 is 0 Å². The number of pyridine rings is 1. The Balaban J connectivity index is 1.49. The van der Waals surface area contributed by atoms with Gasteiger partial charge in [-0.25, -0.2) is 18.7 Å². The van der Waals surface area contributed by atoms with E-state index in [1.807, 2.05) is 0 Å². The maximum absolute atomic E-state index is 14.3. The van der Waals surface area contributed by atoms with Gasteiger partial charge < -0.3 is 20.1 Å². The fourth-order valence-corrected chi connectivity index (χ4v) is 4.75. The second kappa shape index (κ2) is 10.2. The van der Waals surface area contributed by atoms with Crippen LogP contribution in [0.5, 0.6) is 5.75 Å². The number of methoxy groups -OCH3 is 1. The van der Waals surface area contributed by atoms with E-state index in [0.717, 1.165) is 25.7 Å². The molecule has 2 fully saturated rings. The summed E-state index contributed by atoms with van der Waals surface area (Å²) >= 11 is 0. The molecular weight excluding hydrogens is 512 g/mol. The van der Waals surface area contributed by atoms with Gasteiger partial charge in [0.05, 0.1) is 31.1 Å². The fraction of sp³-hybridized carbons (Fsp3) is 0.440. The number of aromatic nitrogens is 7. The number of carbonyl (C=O) groups is 1. The van der Waals surface area contributed by atoms with Gasteiger partial charge in [0.25, 0.3) is 6.43 Å². The largest absolute Gasteiger partial charge is 0.494 e. The van der Waals surface area contributed by atoms with Crippen molar-refractivity contribution in [1.82, 2.24) is 34.7 Å². The van der Waals surface area contributed by atoms with E-state index in [1.54, 1.807) is 31.3 Å². The van der Waals surface area contributed by atoms with Crippen molar-refractivity contribution in [3.05, 3.63) is 30.1 Å². The molecule has 1 saturated carbocycles. The maximum atomic E-state index is 14.3. The van der Waals surface area contributed by atoms with E-state index in [2.05, 4.69) is 36.0 Å². The van der Waals surface area contributed by atoms with Crippen LogP contribution >= 0.6 is 0 Å². The van der Waals surface area contributed by atoms with Crippen molar-refractivity contribution >= 4 is 34.3 Å². The van der Waals surface area contributed by atoms with Gasteiger partial charge in [-0.05, 0) is 49.5 Å². The summed E-state index contributed by atoms with van der Waals surface area (Å²) in [4.78, 5) is 22.8. The first-order valence-corrected chi connectivity index (χ1v) is 12.7. The monoisotopic (exact) mass is 539 g/mol. The Morgan fingerprint density at radius 1 is 1.18 bits per heavy atom. The van der Waals surface area contributed by atoms with Gasteiger partial charge >= 0.3 is 0 Å². The first-order chi connectivity index (χ1) is 18.9. The van der Waals surface area contributed by atoms with Crippen LogP contribution in [0.2, 0.25) is 0 Å². The summed E-state index contributed by atoms with van der Waals surface area (Å²) < 4.78 is 41.4. The number of carbonyl (C=O) groups excluding carboxylic acids is 1. The smallest absolute Gasteiger partial charge is 0.295 e. The number of amides is 1. The lowest BCUT2D eigenvalue weighted by Crippen LogP contribution is -2.21. The molecule has 4 aromatic rings. The molecule has 14 heteroatoms. The molecule has 1 aliphatic heterocycles. The third-order valence-corrected chi connectivity index (χ3v) is 6.75. The Labute approximate surface area is 221 Å². The van der Waals surface area contributed by atoms with Crippen LogP contribution in [0.4, 0.5) is 26.0 Å². The van der Waals surface area contributed by atoms with E-state index in [9.17, 15) is 13.6 Å². The van der Waals surface area contributed by atoms with E-state index < -0.39 is 18.5 Å². The fourth-order valence-electron chi connectivity index (χ4n) is 4.75. The zero-order valence-electron chi connectivity index (χ0n) is 21.4. The second-order valence-corrected chi connectivity index (χ2v) is 9.57. The van der Waals surface area contributed by atoms with Gasteiger partial charge in [0.15, 0.2) is 17.2 Å². The molecule has 1 saturated heterocycles. The van der Waals surface area contributed by atoms with Crippen molar-refractivity contribution in [2.75, 3.05) is 24.4 Å². The summed E-state index contributed by atoms with van der Waals surface area (Å²) in [6.07, 6.45) is 0.357. The highest BCUT2D eigenvalue weighted by Crippen LogP contribution is 2.40. The van der Waals surface area contributed by atoms with Crippen LogP contribution in [0.25, 0.3) is 22.6 Å². The van der Waals surface area contributed by atoms with Gasteiger partial charge in [-0.15, -0.1) is 10.2 Å². The highest BCUT2D eigenvalue weighted by molar-refractivity contribution is 5.97. The van der Waals surface area contributed by atoms with Crippen LogP contribution in [0.1, 0.15) is 50.6 Å². The summed E-state index contributed by atoms with van der Waals surface area (Å²) in [5.41, 5.74) is 1.87. The first kappa shape index (κ1) is 25.1. The number of ether oxygens (including phenoxy) is 2. The zero-order valence-corrected chi connectivity index (χ0v) is 21.4. The van der Waals surface area contributed by atoms with Crippen molar-refractivity contribution in [3.63, 3.8) is 0 Å². The SMILES string of the molecule is COc1c(Nc2cc(NC(=O)C3CC3)nc3c2nc(C(F)F)n3C2CCCCO2)cccc1-c1nnn(C)n1. The predicted octanol–water partition coefficient (Wildman–Crippen LogP) is 4.36.